The van der Waals surface area contributed by atoms with Gasteiger partial charge in [-0.2, -0.15) is 0 Å². The van der Waals surface area contributed by atoms with Crippen molar-refractivity contribution in [1.82, 2.24) is 4.90 Å². The van der Waals surface area contributed by atoms with E-state index in [-0.39, 0.29) is 6.04 Å². The smallest absolute Gasteiger partial charge is 0.107 e. The van der Waals surface area contributed by atoms with Gasteiger partial charge in [0.05, 0.1) is 12.6 Å². The Morgan fingerprint density at radius 3 is 2.63 bits per heavy atom. The highest BCUT2D eigenvalue weighted by molar-refractivity contribution is 9.10. The van der Waals surface area contributed by atoms with E-state index in [0.29, 0.717) is 19.1 Å². The zero-order valence-electron chi connectivity index (χ0n) is 11.7. The van der Waals surface area contributed by atoms with Crippen molar-refractivity contribution in [3.63, 3.8) is 0 Å². The first kappa shape index (κ1) is 17.4. The van der Waals surface area contributed by atoms with E-state index in [1.54, 1.807) is 18.4 Å². The maximum Gasteiger partial charge on any atom is 0.107 e. The number of hydrogen-bond donors (Lipinski definition) is 1. The van der Waals surface area contributed by atoms with E-state index in [1.165, 1.54) is 4.88 Å². The summed E-state index contributed by atoms with van der Waals surface area (Å²) >= 11 is 11.2. The number of rotatable bonds is 8. The van der Waals surface area contributed by atoms with Crippen LogP contribution in [0, 0.1) is 5.92 Å². The van der Waals surface area contributed by atoms with E-state index in [9.17, 15) is 0 Å². The van der Waals surface area contributed by atoms with E-state index in [2.05, 4.69) is 40.7 Å². The lowest BCUT2D eigenvalue weighted by Crippen LogP contribution is -2.38. The molecule has 0 spiro atoms. The summed E-state index contributed by atoms with van der Waals surface area (Å²) in [7, 11) is 1.73. The molecule has 0 aromatic carbocycles. The highest BCUT2D eigenvalue weighted by Crippen LogP contribution is 2.37. The summed E-state index contributed by atoms with van der Waals surface area (Å²) in [5.41, 5.74) is 5.98. The van der Waals surface area contributed by atoms with Crippen molar-refractivity contribution >= 4 is 38.9 Å². The zero-order valence-corrected chi connectivity index (χ0v) is 14.8. The summed E-state index contributed by atoms with van der Waals surface area (Å²) in [4.78, 5) is 3.58. The normalized spacial score (nSPS) is 13.5. The van der Waals surface area contributed by atoms with E-state index < -0.39 is 0 Å². The molecule has 0 saturated heterocycles. The molecule has 1 rings (SSSR count). The van der Waals surface area contributed by atoms with Crippen molar-refractivity contribution in [3.05, 3.63) is 19.8 Å². The van der Waals surface area contributed by atoms with Crippen molar-refractivity contribution < 1.29 is 4.74 Å². The quantitative estimate of drug-likeness (QED) is 0.758. The Bertz CT molecular complexity index is 367. The topological polar surface area (TPSA) is 38.5 Å². The summed E-state index contributed by atoms with van der Waals surface area (Å²) in [6.45, 7) is 7.60. The fraction of sp³-hybridized carbons (Fsp3) is 0.692. The average molecular weight is 370 g/mol. The van der Waals surface area contributed by atoms with Crippen LogP contribution >= 0.6 is 38.9 Å². The van der Waals surface area contributed by atoms with Crippen LogP contribution < -0.4 is 5.73 Å². The molecule has 0 aliphatic heterocycles. The van der Waals surface area contributed by atoms with Crippen LogP contribution in [0.25, 0.3) is 0 Å². The second-order valence-corrected chi connectivity index (χ2v) is 7.44. The number of nitrogens with two attached hydrogens (primary N) is 1. The Labute approximate surface area is 133 Å². The third-order valence-corrected chi connectivity index (χ3v) is 5.41. The molecule has 0 aliphatic carbocycles. The standard InChI is InChI=1S/C13H22BrClN2OS/c1-9(2)8-17(4-5-18-3)11(7-16)12-6-10(14)13(15)19-12/h6,9,11H,4-5,7-8,16H2,1-3H3. The van der Waals surface area contributed by atoms with Crippen molar-refractivity contribution in [2.24, 2.45) is 11.7 Å². The van der Waals surface area contributed by atoms with Crippen LogP contribution in [0.4, 0.5) is 0 Å². The van der Waals surface area contributed by atoms with Gasteiger partial charge in [0.25, 0.3) is 0 Å². The molecule has 1 atom stereocenters. The Morgan fingerprint density at radius 1 is 1.53 bits per heavy atom. The van der Waals surface area contributed by atoms with Crippen molar-refractivity contribution in [2.45, 2.75) is 19.9 Å². The van der Waals surface area contributed by atoms with Crippen LogP contribution in [-0.4, -0.2) is 38.3 Å². The van der Waals surface area contributed by atoms with Crippen molar-refractivity contribution in [2.75, 3.05) is 33.4 Å². The second-order valence-electron chi connectivity index (χ2n) is 4.90. The van der Waals surface area contributed by atoms with E-state index in [1.807, 2.05) is 0 Å². The molecule has 1 unspecified atom stereocenters. The van der Waals surface area contributed by atoms with Gasteiger partial charge in [0, 0.05) is 36.1 Å². The SMILES string of the molecule is COCCN(CC(C)C)C(CN)c1cc(Br)c(Cl)s1. The molecule has 0 saturated carbocycles. The molecule has 0 fully saturated rings. The molecular weight excluding hydrogens is 348 g/mol. The lowest BCUT2D eigenvalue weighted by atomic mass is 10.1. The van der Waals surface area contributed by atoms with Crippen LogP contribution in [0.3, 0.4) is 0 Å². The van der Waals surface area contributed by atoms with Gasteiger partial charge in [-0.1, -0.05) is 25.4 Å². The van der Waals surface area contributed by atoms with Crippen LogP contribution in [-0.2, 0) is 4.74 Å². The fourth-order valence-corrected chi connectivity index (χ4v) is 3.91. The van der Waals surface area contributed by atoms with Gasteiger partial charge in [0.1, 0.15) is 4.34 Å². The van der Waals surface area contributed by atoms with Gasteiger partial charge >= 0.3 is 0 Å². The summed E-state index contributed by atoms with van der Waals surface area (Å²) in [5, 5.41) is 0. The van der Waals surface area contributed by atoms with Crippen molar-refractivity contribution in [3.8, 4) is 0 Å². The van der Waals surface area contributed by atoms with Crippen molar-refractivity contribution in [1.29, 1.82) is 0 Å². The van der Waals surface area contributed by atoms with Gasteiger partial charge in [-0.25, -0.2) is 0 Å². The summed E-state index contributed by atoms with van der Waals surface area (Å²) in [6, 6.07) is 2.27. The van der Waals surface area contributed by atoms with Gasteiger partial charge < -0.3 is 10.5 Å². The molecule has 2 N–H and O–H groups in total. The fourth-order valence-electron chi connectivity index (χ4n) is 2.02. The molecule has 0 amide bonds. The molecule has 110 valence electrons. The van der Waals surface area contributed by atoms with Gasteiger partial charge in [0.2, 0.25) is 0 Å². The maximum absolute atomic E-state index is 6.13. The first-order valence-corrected chi connectivity index (χ1v) is 8.36. The molecule has 0 radical (unpaired) electrons. The summed E-state index contributed by atoms with van der Waals surface area (Å²) in [6.07, 6.45) is 0. The number of methoxy groups -OCH3 is 1. The Morgan fingerprint density at radius 2 is 2.21 bits per heavy atom. The zero-order chi connectivity index (χ0) is 14.4. The molecule has 1 heterocycles. The second kappa shape index (κ2) is 8.60. The minimum Gasteiger partial charge on any atom is -0.383 e. The molecular formula is C13H22BrClN2OS. The maximum atomic E-state index is 6.13. The summed E-state index contributed by atoms with van der Waals surface area (Å²) < 4.78 is 6.93. The molecule has 19 heavy (non-hydrogen) atoms. The highest BCUT2D eigenvalue weighted by Gasteiger charge is 2.22. The Hall–Kier alpha value is 0.350. The molecule has 6 heteroatoms. The van der Waals surface area contributed by atoms with Gasteiger partial charge in [-0.3, -0.25) is 4.90 Å². The first-order chi connectivity index (χ1) is 8.99. The number of thiophene rings is 1. The third-order valence-electron chi connectivity index (χ3n) is 2.84. The van der Waals surface area contributed by atoms with Crippen LogP contribution in [0.1, 0.15) is 24.8 Å². The molecule has 1 aromatic rings. The number of ether oxygens (including phenoxy) is 1. The minimum atomic E-state index is 0.200. The van der Waals surface area contributed by atoms with E-state index >= 15 is 0 Å². The van der Waals surface area contributed by atoms with E-state index in [4.69, 9.17) is 22.1 Å². The number of halogens is 2. The monoisotopic (exact) mass is 368 g/mol. The van der Waals surface area contributed by atoms with Gasteiger partial charge in [0.15, 0.2) is 0 Å². The van der Waals surface area contributed by atoms with Gasteiger partial charge in [-0.15, -0.1) is 11.3 Å². The van der Waals surface area contributed by atoms with Crippen LogP contribution in [0.2, 0.25) is 4.34 Å². The Balaban J connectivity index is 2.87. The first-order valence-electron chi connectivity index (χ1n) is 6.37. The molecule has 0 aliphatic rings. The largest absolute Gasteiger partial charge is 0.383 e. The van der Waals surface area contributed by atoms with Crippen LogP contribution in [0.5, 0.6) is 0 Å². The highest BCUT2D eigenvalue weighted by atomic mass is 79.9. The minimum absolute atomic E-state index is 0.200. The third kappa shape index (κ3) is 5.33. The van der Waals surface area contributed by atoms with Crippen LogP contribution in [0.15, 0.2) is 10.5 Å². The molecule has 1 aromatic heterocycles. The molecule has 3 nitrogen and oxygen atoms in total. The van der Waals surface area contributed by atoms with Gasteiger partial charge in [-0.05, 0) is 27.9 Å². The number of nitrogens with zero attached hydrogens (tertiary/aromatic N) is 1. The predicted octanol–water partition coefficient (Wildman–Crippen LogP) is 3.77. The lowest BCUT2D eigenvalue weighted by Gasteiger charge is -2.31. The summed E-state index contributed by atoms with van der Waals surface area (Å²) in [5.74, 6) is 0.588. The predicted molar refractivity (Wildman–Crippen MR) is 87.1 cm³/mol. The van der Waals surface area contributed by atoms with E-state index in [0.717, 1.165) is 21.9 Å². The number of hydrogen-bond acceptors (Lipinski definition) is 4. The lowest BCUT2D eigenvalue weighted by molar-refractivity contribution is 0.113. The average Bonchev–Trinajstić information content (AvgIpc) is 2.66. The molecule has 0 bridgehead atoms. The Kier molecular flexibility index (Phi) is 7.87.